The molecule has 0 saturated heterocycles. The first-order valence-corrected chi connectivity index (χ1v) is 7.34. The Morgan fingerprint density at radius 1 is 1.24 bits per heavy atom. The molecule has 2 rings (SSSR count). The quantitative estimate of drug-likeness (QED) is 0.688. The van der Waals surface area contributed by atoms with Crippen molar-refractivity contribution >= 4 is 46.4 Å². The predicted molar refractivity (Wildman–Crippen MR) is 72.4 cm³/mol. The lowest BCUT2D eigenvalue weighted by molar-refractivity contribution is -0.117. The van der Waals surface area contributed by atoms with Crippen molar-refractivity contribution in [1.29, 1.82) is 0 Å². The Bertz CT molecular complexity index is 296. The molecule has 1 saturated carbocycles. The Labute approximate surface area is 122 Å². The smallest absolute Gasteiger partial charge is 0.206 e. The van der Waals surface area contributed by atoms with Crippen LogP contribution in [0.5, 0.6) is 0 Å². The van der Waals surface area contributed by atoms with Crippen LogP contribution in [-0.2, 0) is 4.84 Å². The molecule has 1 heterocycles. The van der Waals surface area contributed by atoms with Crippen LogP contribution in [0.25, 0.3) is 0 Å². The van der Waals surface area contributed by atoms with Gasteiger partial charge in [-0.25, -0.2) is 0 Å². The van der Waals surface area contributed by atoms with Crippen molar-refractivity contribution in [3.8, 4) is 0 Å². The molecule has 0 aromatic rings. The average molecular weight is 319 g/mol. The largest absolute Gasteiger partial charge is 0.412 e. The normalized spacial score (nSPS) is 28.0. The second-order valence-corrected chi connectivity index (χ2v) is 7.59. The van der Waals surface area contributed by atoms with Gasteiger partial charge >= 0.3 is 0 Å². The SMILES string of the molecule is ClC1=CON(CC(Cl)(Cl)Cl)C1C1CCCCC1. The van der Waals surface area contributed by atoms with Gasteiger partial charge in [-0.05, 0) is 18.8 Å². The third-order valence-corrected chi connectivity index (χ3v) is 4.00. The van der Waals surface area contributed by atoms with Gasteiger partial charge in [0.15, 0.2) is 0 Å². The molecule has 0 aromatic carbocycles. The summed E-state index contributed by atoms with van der Waals surface area (Å²) in [5.74, 6) is 0.502. The van der Waals surface area contributed by atoms with E-state index in [1.54, 1.807) is 11.3 Å². The fraction of sp³-hybridized carbons (Fsp3) is 0.818. The van der Waals surface area contributed by atoms with Crippen molar-refractivity contribution in [2.45, 2.75) is 41.9 Å². The molecule has 0 bridgehead atoms. The first kappa shape index (κ1) is 14.1. The molecule has 1 unspecified atom stereocenters. The zero-order valence-corrected chi connectivity index (χ0v) is 12.4. The van der Waals surface area contributed by atoms with Crippen molar-refractivity contribution in [3.63, 3.8) is 0 Å². The lowest BCUT2D eigenvalue weighted by Gasteiger charge is -2.33. The lowest BCUT2D eigenvalue weighted by Crippen LogP contribution is -2.41. The van der Waals surface area contributed by atoms with Crippen molar-refractivity contribution in [2.75, 3.05) is 6.54 Å². The van der Waals surface area contributed by atoms with Crippen LogP contribution in [0.4, 0.5) is 0 Å². The molecule has 1 atom stereocenters. The molecule has 1 fully saturated rings. The minimum Gasteiger partial charge on any atom is -0.412 e. The molecule has 0 radical (unpaired) electrons. The van der Waals surface area contributed by atoms with Crippen molar-refractivity contribution < 1.29 is 4.84 Å². The predicted octanol–water partition coefficient (Wildman–Crippen LogP) is 4.63. The van der Waals surface area contributed by atoms with Gasteiger partial charge < -0.3 is 4.84 Å². The molecule has 2 aliphatic rings. The summed E-state index contributed by atoms with van der Waals surface area (Å²) in [5.41, 5.74) is 0. The fourth-order valence-electron chi connectivity index (χ4n) is 2.61. The van der Waals surface area contributed by atoms with Crippen molar-refractivity contribution in [2.24, 2.45) is 5.92 Å². The van der Waals surface area contributed by atoms with E-state index < -0.39 is 3.79 Å². The van der Waals surface area contributed by atoms with E-state index in [4.69, 9.17) is 51.2 Å². The third kappa shape index (κ3) is 3.81. The molecule has 0 amide bonds. The first-order chi connectivity index (χ1) is 7.97. The number of rotatable bonds is 2. The van der Waals surface area contributed by atoms with E-state index in [0.29, 0.717) is 11.0 Å². The summed E-state index contributed by atoms with van der Waals surface area (Å²) in [5, 5.41) is 2.41. The van der Waals surface area contributed by atoms with Crippen LogP contribution in [0.1, 0.15) is 32.1 Å². The van der Waals surface area contributed by atoms with E-state index in [1.165, 1.54) is 19.3 Å². The Morgan fingerprint density at radius 3 is 2.47 bits per heavy atom. The molecular weight excluding hydrogens is 304 g/mol. The van der Waals surface area contributed by atoms with Gasteiger partial charge in [-0.1, -0.05) is 65.7 Å². The van der Waals surface area contributed by atoms with Gasteiger partial charge in [0, 0.05) is 0 Å². The number of hydrogen-bond donors (Lipinski definition) is 0. The summed E-state index contributed by atoms with van der Waals surface area (Å²) < 4.78 is -1.34. The monoisotopic (exact) mass is 317 g/mol. The van der Waals surface area contributed by atoms with Gasteiger partial charge in [0.05, 0.1) is 17.6 Å². The highest BCUT2D eigenvalue weighted by molar-refractivity contribution is 6.67. The number of hydrogen-bond acceptors (Lipinski definition) is 2. The van der Waals surface area contributed by atoms with Gasteiger partial charge in [-0.15, -0.1) is 5.06 Å². The standard InChI is InChI=1S/C11H15Cl4NO/c12-9-6-17-16(7-11(13,14)15)10(9)8-4-2-1-3-5-8/h6,8,10H,1-5,7H2. The molecule has 1 aliphatic heterocycles. The fourth-order valence-corrected chi connectivity index (χ4v) is 3.29. The number of alkyl halides is 3. The minimum absolute atomic E-state index is 0.0487. The van der Waals surface area contributed by atoms with E-state index in [2.05, 4.69) is 0 Å². The second-order valence-electron chi connectivity index (χ2n) is 4.64. The average Bonchev–Trinajstić information content (AvgIpc) is 2.58. The molecule has 0 N–H and O–H groups in total. The number of nitrogens with zero attached hydrogens (tertiary/aromatic N) is 1. The zero-order chi connectivity index (χ0) is 12.5. The summed E-state index contributed by atoms with van der Waals surface area (Å²) in [4.78, 5) is 5.39. The van der Waals surface area contributed by atoms with Crippen molar-refractivity contribution in [3.05, 3.63) is 11.3 Å². The summed E-state index contributed by atoms with van der Waals surface area (Å²) in [6, 6.07) is 0.0487. The maximum Gasteiger partial charge on any atom is 0.206 e. The Kier molecular flexibility index (Phi) is 4.76. The maximum atomic E-state index is 6.20. The molecule has 0 spiro atoms. The van der Waals surface area contributed by atoms with E-state index in [1.807, 2.05) is 0 Å². The molecule has 2 nitrogen and oxygen atoms in total. The summed E-state index contributed by atoms with van der Waals surface area (Å²) in [7, 11) is 0. The molecular formula is C11H15Cl4NO. The van der Waals surface area contributed by atoms with Crippen molar-refractivity contribution in [1.82, 2.24) is 5.06 Å². The summed E-state index contributed by atoms with van der Waals surface area (Å²) >= 11 is 23.6. The molecule has 6 heteroatoms. The van der Waals surface area contributed by atoms with Gasteiger partial charge in [0.2, 0.25) is 3.79 Å². The molecule has 17 heavy (non-hydrogen) atoms. The Balaban J connectivity index is 2.02. The highest BCUT2D eigenvalue weighted by Gasteiger charge is 2.39. The minimum atomic E-state index is -1.34. The van der Waals surface area contributed by atoms with Gasteiger partial charge in [0.1, 0.15) is 6.26 Å². The van der Waals surface area contributed by atoms with E-state index in [9.17, 15) is 0 Å². The summed E-state index contributed by atoms with van der Waals surface area (Å²) in [6.07, 6.45) is 7.66. The molecule has 1 aliphatic carbocycles. The number of hydroxylamine groups is 2. The first-order valence-electron chi connectivity index (χ1n) is 5.83. The summed E-state index contributed by atoms with van der Waals surface area (Å²) in [6.45, 7) is 0.228. The third-order valence-electron chi connectivity index (χ3n) is 3.32. The highest BCUT2D eigenvalue weighted by atomic mass is 35.6. The topological polar surface area (TPSA) is 12.5 Å². The maximum absolute atomic E-state index is 6.20. The van der Waals surface area contributed by atoms with Crippen LogP contribution in [0, 0.1) is 5.92 Å². The van der Waals surface area contributed by atoms with Crippen LogP contribution in [0.2, 0.25) is 0 Å². The van der Waals surface area contributed by atoms with Gasteiger partial charge in [-0.3, -0.25) is 0 Å². The van der Waals surface area contributed by atoms with E-state index in [-0.39, 0.29) is 12.6 Å². The van der Waals surface area contributed by atoms with E-state index >= 15 is 0 Å². The van der Waals surface area contributed by atoms with Crippen LogP contribution in [-0.4, -0.2) is 21.4 Å². The van der Waals surface area contributed by atoms with Gasteiger partial charge in [0.25, 0.3) is 0 Å². The Morgan fingerprint density at radius 2 is 1.88 bits per heavy atom. The second kappa shape index (κ2) is 5.75. The van der Waals surface area contributed by atoms with Crippen LogP contribution < -0.4 is 0 Å². The van der Waals surface area contributed by atoms with Crippen LogP contribution in [0.3, 0.4) is 0 Å². The zero-order valence-electron chi connectivity index (χ0n) is 9.34. The van der Waals surface area contributed by atoms with Crippen LogP contribution in [0.15, 0.2) is 11.3 Å². The Hall–Kier alpha value is 0.660. The molecule has 0 aromatic heterocycles. The number of halogens is 4. The molecule has 98 valence electrons. The van der Waals surface area contributed by atoms with Gasteiger partial charge in [-0.2, -0.15) is 0 Å². The van der Waals surface area contributed by atoms with E-state index in [0.717, 1.165) is 12.8 Å². The highest BCUT2D eigenvalue weighted by Crippen LogP contribution is 2.39. The van der Waals surface area contributed by atoms with Crippen LogP contribution >= 0.6 is 46.4 Å². The lowest BCUT2D eigenvalue weighted by atomic mass is 9.84.